The van der Waals surface area contributed by atoms with E-state index in [4.69, 9.17) is 0 Å². The van der Waals surface area contributed by atoms with Crippen molar-refractivity contribution in [3.05, 3.63) is 217 Å². The van der Waals surface area contributed by atoms with Crippen LogP contribution < -0.4 is 4.90 Å². The predicted octanol–water partition coefficient (Wildman–Crippen LogP) is 13.6. The molecule has 8 aromatic carbocycles. The Balaban J connectivity index is 1.19. The van der Waals surface area contributed by atoms with Crippen LogP contribution in [0.5, 0.6) is 0 Å². The lowest BCUT2D eigenvalue weighted by Gasteiger charge is -2.27. The molecule has 0 saturated heterocycles. The minimum absolute atomic E-state index is 0.638. The van der Waals surface area contributed by atoms with Crippen LogP contribution in [0.3, 0.4) is 0 Å². The Morgan fingerprint density at radius 3 is 1.76 bits per heavy atom. The van der Waals surface area contributed by atoms with Gasteiger partial charge in [-0.1, -0.05) is 146 Å². The number of anilines is 3. The second-order valence-corrected chi connectivity index (χ2v) is 13.3. The summed E-state index contributed by atoms with van der Waals surface area (Å²) in [6, 6.07) is 72.4. The van der Waals surface area contributed by atoms with E-state index in [1.807, 2.05) is 30.3 Å². The summed E-state index contributed by atoms with van der Waals surface area (Å²) in [4.78, 5) is 2.26. The van der Waals surface area contributed by atoms with Crippen molar-refractivity contribution >= 4 is 50.9 Å². The summed E-state index contributed by atoms with van der Waals surface area (Å²) in [7, 11) is 0. The summed E-state index contributed by atoms with van der Waals surface area (Å²) in [6.45, 7) is 0. The van der Waals surface area contributed by atoms with Crippen LogP contribution in [-0.4, -0.2) is 4.57 Å². The molecule has 254 valence electrons. The molecule has 3 heteroatoms. The van der Waals surface area contributed by atoms with Crippen LogP contribution in [0.15, 0.2) is 200 Å². The Kier molecular flexibility index (Phi) is 8.61. The van der Waals surface area contributed by atoms with E-state index in [9.17, 15) is 5.26 Å². The SMILES string of the molecule is N#Cc1ccc(N(c2ccccc2)c2ccc(C=Cc3ccc4c(c3)c(-c3ccccc3)c(-c3ccccc3)n4-c3ccccc3)c3ccccc23)cc1. The first-order valence-corrected chi connectivity index (χ1v) is 18.2. The summed E-state index contributed by atoms with van der Waals surface area (Å²) in [5, 5.41) is 13.0. The van der Waals surface area contributed by atoms with Gasteiger partial charge >= 0.3 is 0 Å². The molecule has 1 aromatic heterocycles. The largest absolute Gasteiger partial charge is 0.310 e. The molecule has 9 aromatic rings. The van der Waals surface area contributed by atoms with Gasteiger partial charge in [-0.2, -0.15) is 5.26 Å². The average Bonchev–Trinajstić information content (AvgIpc) is 3.59. The van der Waals surface area contributed by atoms with Crippen molar-refractivity contribution in [2.24, 2.45) is 0 Å². The van der Waals surface area contributed by atoms with Gasteiger partial charge in [0.15, 0.2) is 0 Å². The van der Waals surface area contributed by atoms with E-state index in [1.54, 1.807) is 0 Å². The molecule has 1 heterocycles. The maximum atomic E-state index is 9.46. The minimum Gasteiger partial charge on any atom is -0.310 e. The molecule has 0 N–H and O–H groups in total. The molecule has 54 heavy (non-hydrogen) atoms. The minimum atomic E-state index is 0.638. The molecule has 0 amide bonds. The number of nitrogens with zero attached hydrogens (tertiary/aromatic N) is 3. The standard InChI is InChI=1S/C51H35N3/c52-36-38-26-31-44(32-27-38)53(42-19-9-3-10-20-42)48-34-30-39(45-23-13-14-24-46(45)48)29-25-37-28-33-49-47(35-37)50(40-15-5-1-6-16-40)51(41-17-7-2-8-18-41)54(49)43-21-11-4-12-22-43/h1-35H. The molecule has 0 saturated carbocycles. The van der Waals surface area contributed by atoms with E-state index in [0.29, 0.717) is 5.56 Å². The zero-order chi connectivity index (χ0) is 36.3. The lowest BCUT2D eigenvalue weighted by molar-refractivity contribution is 1.13. The first-order chi connectivity index (χ1) is 26.8. The first kappa shape index (κ1) is 32.5. The molecule has 3 nitrogen and oxygen atoms in total. The van der Waals surface area contributed by atoms with Crippen LogP contribution >= 0.6 is 0 Å². The van der Waals surface area contributed by atoms with Gasteiger partial charge in [-0.15, -0.1) is 0 Å². The number of nitriles is 1. The summed E-state index contributed by atoms with van der Waals surface area (Å²) >= 11 is 0. The fraction of sp³-hybridized carbons (Fsp3) is 0. The molecule has 0 radical (unpaired) electrons. The molecule has 0 atom stereocenters. The van der Waals surface area contributed by atoms with Gasteiger partial charge < -0.3 is 9.47 Å². The topological polar surface area (TPSA) is 32.0 Å². The van der Waals surface area contributed by atoms with Gasteiger partial charge in [0.05, 0.1) is 28.5 Å². The zero-order valence-corrected chi connectivity index (χ0v) is 29.5. The number of para-hydroxylation sites is 2. The number of rotatable bonds is 8. The van der Waals surface area contributed by atoms with E-state index in [-0.39, 0.29) is 0 Å². The third-order valence-electron chi connectivity index (χ3n) is 10.0. The van der Waals surface area contributed by atoms with Crippen molar-refractivity contribution in [2.45, 2.75) is 0 Å². The fourth-order valence-corrected chi connectivity index (χ4v) is 7.55. The van der Waals surface area contributed by atoms with Crippen LogP contribution in [0.1, 0.15) is 16.7 Å². The van der Waals surface area contributed by atoms with Gasteiger partial charge in [0.1, 0.15) is 0 Å². The molecule has 0 aliphatic rings. The predicted molar refractivity (Wildman–Crippen MR) is 226 cm³/mol. The Morgan fingerprint density at radius 1 is 0.481 bits per heavy atom. The summed E-state index contributed by atoms with van der Waals surface area (Å²) < 4.78 is 2.40. The van der Waals surface area contributed by atoms with Gasteiger partial charge in [0.2, 0.25) is 0 Å². The van der Waals surface area contributed by atoms with Crippen molar-refractivity contribution in [2.75, 3.05) is 4.90 Å². The molecule has 0 bridgehead atoms. The smallest absolute Gasteiger partial charge is 0.0991 e. The number of aromatic nitrogens is 1. The Morgan fingerprint density at radius 2 is 1.07 bits per heavy atom. The molecular formula is C51H35N3. The molecule has 0 aliphatic heterocycles. The normalized spacial score (nSPS) is 11.2. The van der Waals surface area contributed by atoms with Gasteiger partial charge in [-0.05, 0) is 94.4 Å². The number of fused-ring (bicyclic) bond motifs is 2. The summed E-state index contributed by atoms with van der Waals surface area (Å²) in [5.41, 5.74) is 13.1. The third-order valence-corrected chi connectivity index (χ3v) is 10.0. The van der Waals surface area contributed by atoms with Crippen molar-refractivity contribution in [1.82, 2.24) is 4.57 Å². The van der Waals surface area contributed by atoms with E-state index in [2.05, 4.69) is 198 Å². The maximum absolute atomic E-state index is 9.46. The molecule has 0 unspecified atom stereocenters. The number of benzene rings is 8. The maximum Gasteiger partial charge on any atom is 0.0991 e. The van der Waals surface area contributed by atoms with E-state index in [1.165, 1.54) is 27.8 Å². The first-order valence-electron chi connectivity index (χ1n) is 18.2. The second kappa shape index (κ2) is 14.3. The molecule has 0 spiro atoms. The highest BCUT2D eigenvalue weighted by atomic mass is 15.1. The third kappa shape index (κ3) is 6.02. The van der Waals surface area contributed by atoms with Crippen molar-refractivity contribution < 1.29 is 0 Å². The van der Waals surface area contributed by atoms with Crippen LogP contribution in [-0.2, 0) is 0 Å². The van der Waals surface area contributed by atoms with Gasteiger partial charge in [0, 0.05) is 33.4 Å². The summed E-state index contributed by atoms with van der Waals surface area (Å²) in [6.07, 6.45) is 4.46. The monoisotopic (exact) mass is 689 g/mol. The number of hydrogen-bond acceptors (Lipinski definition) is 2. The van der Waals surface area contributed by atoms with Crippen molar-refractivity contribution in [1.29, 1.82) is 5.26 Å². The van der Waals surface area contributed by atoms with E-state index < -0.39 is 0 Å². The fourth-order valence-electron chi connectivity index (χ4n) is 7.55. The van der Waals surface area contributed by atoms with Crippen molar-refractivity contribution in [3.63, 3.8) is 0 Å². The van der Waals surface area contributed by atoms with Gasteiger partial charge in [0.25, 0.3) is 0 Å². The Hall–Kier alpha value is -7.41. The lowest BCUT2D eigenvalue weighted by atomic mass is 9.97. The highest BCUT2D eigenvalue weighted by Gasteiger charge is 2.21. The van der Waals surface area contributed by atoms with Crippen LogP contribution in [0.4, 0.5) is 17.1 Å². The highest BCUT2D eigenvalue weighted by molar-refractivity contribution is 6.07. The Bertz CT molecular complexity index is 2790. The van der Waals surface area contributed by atoms with E-state index in [0.717, 1.165) is 50.2 Å². The van der Waals surface area contributed by atoms with Crippen LogP contribution in [0, 0.1) is 11.3 Å². The molecule has 9 rings (SSSR count). The van der Waals surface area contributed by atoms with Crippen LogP contribution in [0.25, 0.3) is 61.9 Å². The van der Waals surface area contributed by atoms with Crippen LogP contribution in [0.2, 0.25) is 0 Å². The van der Waals surface area contributed by atoms with Gasteiger partial charge in [-0.25, -0.2) is 0 Å². The molecule has 0 fully saturated rings. The zero-order valence-electron chi connectivity index (χ0n) is 29.5. The molecule has 0 aliphatic carbocycles. The lowest BCUT2D eigenvalue weighted by Crippen LogP contribution is -2.10. The molecular weight excluding hydrogens is 655 g/mol. The average molecular weight is 690 g/mol. The second-order valence-electron chi connectivity index (χ2n) is 13.3. The quantitative estimate of drug-likeness (QED) is 0.149. The summed E-state index contributed by atoms with van der Waals surface area (Å²) in [5.74, 6) is 0. The number of hydrogen-bond donors (Lipinski definition) is 0. The highest BCUT2D eigenvalue weighted by Crippen LogP contribution is 2.44. The van der Waals surface area contributed by atoms with Gasteiger partial charge in [-0.3, -0.25) is 0 Å². The Labute approximate surface area is 315 Å². The van der Waals surface area contributed by atoms with Crippen molar-refractivity contribution in [3.8, 4) is 34.1 Å². The van der Waals surface area contributed by atoms with E-state index >= 15 is 0 Å².